The molecule has 0 bridgehead atoms. The molecule has 6 heteroatoms. The van der Waals surface area contributed by atoms with E-state index in [0.29, 0.717) is 0 Å². The second-order valence-electron chi connectivity index (χ2n) is 4.40. The molecule has 17 heavy (non-hydrogen) atoms. The zero-order chi connectivity index (χ0) is 13.1. The molecule has 1 aromatic heterocycles. The normalized spacial score (nSPS) is 10.9. The standard InChI is InChI=1S/C11H15N3O3/c1-11(2,5-9(12)16)14-10(17)7-6-13-4-3-8(7)15/h3-4,6H,5H2,1-2H3,(H2,12,16)(H,13,15)(H,14,17). The van der Waals surface area contributed by atoms with Crippen LogP contribution >= 0.6 is 0 Å². The van der Waals surface area contributed by atoms with Crippen LogP contribution in [0.5, 0.6) is 0 Å². The van der Waals surface area contributed by atoms with Gasteiger partial charge in [0.05, 0.1) is 0 Å². The van der Waals surface area contributed by atoms with Gasteiger partial charge in [0.25, 0.3) is 5.91 Å². The Hall–Kier alpha value is -2.11. The highest BCUT2D eigenvalue weighted by molar-refractivity contribution is 5.94. The third-order valence-electron chi connectivity index (χ3n) is 2.14. The van der Waals surface area contributed by atoms with Gasteiger partial charge >= 0.3 is 0 Å². The Kier molecular flexibility index (Phi) is 3.67. The molecule has 1 rings (SSSR count). The molecule has 0 spiro atoms. The quantitative estimate of drug-likeness (QED) is 0.672. The molecule has 1 heterocycles. The molecule has 6 nitrogen and oxygen atoms in total. The molecule has 0 unspecified atom stereocenters. The molecule has 0 fully saturated rings. The number of H-pyrrole nitrogens is 1. The Morgan fingerprint density at radius 3 is 2.65 bits per heavy atom. The van der Waals surface area contributed by atoms with Gasteiger partial charge in [0.15, 0.2) is 5.43 Å². The number of pyridine rings is 1. The summed E-state index contributed by atoms with van der Waals surface area (Å²) in [6.45, 7) is 3.32. The van der Waals surface area contributed by atoms with E-state index < -0.39 is 17.4 Å². The summed E-state index contributed by atoms with van der Waals surface area (Å²) in [5, 5.41) is 2.58. The number of hydrogen-bond donors (Lipinski definition) is 3. The first-order chi connectivity index (χ1) is 7.82. The molecule has 0 aromatic carbocycles. The molecule has 4 N–H and O–H groups in total. The van der Waals surface area contributed by atoms with E-state index in [4.69, 9.17) is 5.73 Å². The second kappa shape index (κ2) is 4.82. The van der Waals surface area contributed by atoms with Gasteiger partial charge in [0, 0.05) is 30.4 Å². The lowest BCUT2D eigenvalue weighted by Crippen LogP contribution is -2.47. The van der Waals surface area contributed by atoms with E-state index in [1.807, 2.05) is 0 Å². The third kappa shape index (κ3) is 3.75. The molecule has 1 aromatic rings. The van der Waals surface area contributed by atoms with E-state index in [1.54, 1.807) is 13.8 Å². The van der Waals surface area contributed by atoms with Crippen LogP contribution in [0.25, 0.3) is 0 Å². The van der Waals surface area contributed by atoms with Gasteiger partial charge in [-0.15, -0.1) is 0 Å². The molecule has 92 valence electrons. The molecule has 0 atom stereocenters. The number of aromatic amines is 1. The average molecular weight is 237 g/mol. The van der Waals surface area contributed by atoms with Crippen LogP contribution in [0.3, 0.4) is 0 Å². The summed E-state index contributed by atoms with van der Waals surface area (Å²) < 4.78 is 0. The van der Waals surface area contributed by atoms with Crippen molar-refractivity contribution in [2.75, 3.05) is 0 Å². The minimum atomic E-state index is -0.787. The van der Waals surface area contributed by atoms with Crippen LogP contribution in [0.4, 0.5) is 0 Å². The van der Waals surface area contributed by atoms with Crippen LogP contribution in [-0.2, 0) is 4.79 Å². The number of nitrogens with one attached hydrogen (secondary N) is 2. The molecule has 0 aliphatic carbocycles. The Labute approximate surface area is 98.2 Å². The maximum atomic E-state index is 11.8. The van der Waals surface area contributed by atoms with E-state index >= 15 is 0 Å². The number of hydrogen-bond acceptors (Lipinski definition) is 3. The van der Waals surface area contributed by atoms with Crippen molar-refractivity contribution in [3.8, 4) is 0 Å². The van der Waals surface area contributed by atoms with Gasteiger partial charge in [-0.1, -0.05) is 0 Å². The van der Waals surface area contributed by atoms with Gasteiger partial charge in [0.1, 0.15) is 5.56 Å². The number of nitrogens with two attached hydrogens (primary N) is 1. The number of aromatic nitrogens is 1. The van der Waals surface area contributed by atoms with Gasteiger partial charge < -0.3 is 16.0 Å². The van der Waals surface area contributed by atoms with Crippen molar-refractivity contribution in [1.82, 2.24) is 10.3 Å². The highest BCUT2D eigenvalue weighted by atomic mass is 16.2. The fraction of sp³-hybridized carbons (Fsp3) is 0.364. The Balaban J connectivity index is 2.83. The number of primary amides is 1. The van der Waals surface area contributed by atoms with E-state index in [9.17, 15) is 14.4 Å². The minimum Gasteiger partial charge on any atom is -0.370 e. The van der Waals surface area contributed by atoms with Gasteiger partial charge in [-0.05, 0) is 13.8 Å². The molecular formula is C11H15N3O3. The fourth-order valence-electron chi connectivity index (χ4n) is 1.45. The summed E-state index contributed by atoms with van der Waals surface area (Å²) in [6.07, 6.45) is 2.76. The lowest BCUT2D eigenvalue weighted by molar-refractivity contribution is -0.119. The highest BCUT2D eigenvalue weighted by Crippen LogP contribution is 2.08. The average Bonchev–Trinajstić information content (AvgIpc) is 2.14. The lowest BCUT2D eigenvalue weighted by atomic mass is 10.00. The third-order valence-corrected chi connectivity index (χ3v) is 2.14. The van der Waals surface area contributed by atoms with Crippen LogP contribution in [0, 0.1) is 0 Å². The summed E-state index contributed by atoms with van der Waals surface area (Å²) >= 11 is 0. The van der Waals surface area contributed by atoms with Crippen molar-refractivity contribution >= 4 is 11.8 Å². The van der Waals surface area contributed by atoms with Gasteiger partial charge in [-0.3, -0.25) is 14.4 Å². The highest BCUT2D eigenvalue weighted by Gasteiger charge is 2.24. The first-order valence-electron chi connectivity index (χ1n) is 5.10. The maximum absolute atomic E-state index is 11.8. The van der Waals surface area contributed by atoms with Crippen molar-refractivity contribution < 1.29 is 9.59 Å². The zero-order valence-electron chi connectivity index (χ0n) is 9.74. The number of rotatable bonds is 4. The summed E-state index contributed by atoms with van der Waals surface area (Å²) in [7, 11) is 0. The van der Waals surface area contributed by atoms with Gasteiger partial charge in [-0.25, -0.2) is 0 Å². The first-order valence-corrected chi connectivity index (χ1v) is 5.10. The van der Waals surface area contributed by atoms with Crippen molar-refractivity contribution in [2.24, 2.45) is 5.73 Å². The summed E-state index contributed by atoms with van der Waals surface area (Å²) in [6, 6.07) is 1.26. The Bertz CT molecular complexity index is 491. The van der Waals surface area contributed by atoms with Crippen molar-refractivity contribution in [3.63, 3.8) is 0 Å². The van der Waals surface area contributed by atoms with Gasteiger partial charge in [-0.2, -0.15) is 0 Å². The van der Waals surface area contributed by atoms with Crippen molar-refractivity contribution in [3.05, 3.63) is 34.2 Å². The van der Waals surface area contributed by atoms with Gasteiger partial charge in [0.2, 0.25) is 5.91 Å². The van der Waals surface area contributed by atoms with E-state index in [-0.39, 0.29) is 17.4 Å². The van der Waals surface area contributed by atoms with E-state index in [0.717, 1.165) is 0 Å². The molecule has 0 saturated carbocycles. The summed E-state index contributed by atoms with van der Waals surface area (Å²) in [5.74, 6) is -1.05. The predicted octanol–water partition coefficient (Wildman–Crippen LogP) is -0.241. The van der Waals surface area contributed by atoms with Crippen LogP contribution in [0.2, 0.25) is 0 Å². The van der Waals surface area contributed by atoms with Crippen LogP contribution < -0.4 is 16.5 Å². The monoisotopic (exact) mass is 237 g/mol. The minimum absolute atomic E-state index is 0.00345. The zero-order valence-corrected chi connectivity index (χ0v) is 9.74. The SMILES string of the molecule is CC(C)(CC(N)=O)NC(=O)c1c[nH]ccc1=O. The summed E-state index contributed by atoms with van der Waals surface area (Å²) in [4.78, 5) is 36.6. The van der Waals surface area contributed by atoms with E-state index in [1.165, 1.54) is 18.5 Å². The largest absolute Gasteiger partial charge is 0.370 e. The molecule has 0 radical (unpaired) electrons. The number of carbonyl (C=O) groups excluding carboxylic acids is 2. The Morgan fingerprint density at radius 2 is 2.12 bits per heavy atom. The fourth-order valence-corrected chi connectivity index (χ4v) is 1.45. The van der Waals surface area contributed by atoms with Crippen LogP contribution in [-0.4, -0.2) is 22.3 Å². The topological polar surface area (TPSA) is 105 Å². The number of amides is 2. The summed E-state index contributed by atoms with van der Waals surface area (Å²) in [5.41, 5.74) is 3.90. The van der Waals surface area contributed by atoms with Crippen molar-refractivity contribution in [2.45, 2.75) is 25.8 Å². The smallest absolute Gasteiger partial charge is 0.257 e. The van der Waals surface area contributed by atoms with Crippen LogP contribution in [0.15, 0.2) is 23.3 Å². The van der Waals surface area contributed by atoms with Crippen LogP contribution in [0.1, 0.15) is 30.6 Å². The predicted molar refractivity (Wildman–Crippen MR) is 62.4 cm³/mol. The number of carbonyl (C=O) groups is 2. The lowest BCUT2D eigenvalue weighted by Gasteiger charge is -2.24. The maximum Gasteiger partial charge on any atom is 0.257 e. The molecule has 2 amide bonds. The molecule has 0 saturated heterocycles. The molecular weight excluding hydrogens is 222 g/mol. The molecule has 0 aliphatic heterocycles. The second-order valence-corrected chi connectivity index (χ2v) is 4.40. The van der Waals surface area contributed by atoms with E-state index in [2.05, 4.69) is 10.3 Å². The van der Waals surface area contributed by atoms with Crippen molar-refractivity contribution in [1.29, 1.82) is 0 Å². The Morgan fingerprint density at radius 1 is 1.47 bits per heavy atom. The molecule has 0 aliphatic rings. The first kappa shape index (κ1) is 13.0.